The maximum atomic E-state index is 14.0. The van der Waals surface area contributed by atoms with Gasteiger partial charge < -0.3 is 15.4 Å². The molecule has 0 fully saturated rings. The summed E-state index contributed by atoms with van der Waals surface area (Å²) >= 11 is 0. The Balaban J connectivity index is 2.10. The van der Waals surface area contributed by atoms with E-state index in [-0.39, 0.29) is 6.42 Å². The monoisotopic (exact) mass is 400 g/mol. The standard InChI is InChI=1S/C22H25FN2O4/c1-15(26)24-20(14-17-10-6-7-11-18(17)23)21(27)25-19(22(28)29-2)13-12-16-8-4-3-5-9-16/h3-11,19-20H,12-14H2,1-2H3,(H,24,26)(H,25,27)/t19-,20-/m1/s1. The lowest BCUT2D eigenvalue weighted by Crippen LogP contribution is -2.52. The molecule has 0 bridgehead atoms. The third-order valence-corrected chi connectivity index (χ3v) is 4.44. The van der Waals surface area contributed by atoms with Crippen LogP contribution >= 0.6 is 0 Å². The van der Waals surface area contributed by atoms with Gasteiger partial charge in [0.05, 0.1) is 7.11 Å². The Morgan fingerprint density at radius 1 is 0.966 bits per heavy atom. The van der Waals surface area contributed by atoms with Gasteiger partial charge in [-0.2, -0.15) is 0 Å². The zero-order valence-corrected chi connectivity index (χ0v) is 16.5. The summed E-state index contributed by atoms with van der Waals surface area (Å²) in [5.74, 6) is -2.06. The first-order valence-corrected chi connectivity index (χ1v) is 9.33. The molecule has 0 spiro atoms. The minimum atomic E-state index is -1.02. The molecule has 2 aromatic carbocycles. The fourth-order valence-corrected chi connectivity index (χ4v) is 2.96. The number of halogens is 1. The van der Waals surface area contributed by atoms with E-state index in [2.05, 4.69) is 10.6 Å². The highest BCUT2D eigenvalue weighted by Gasteiger charge is 2.27. The van der Waals surface area contributed by atoms with Crippen molar-refractivity contribution in [1.82, 2.24) is 10.6 Å². The summed E-state index contributed by atoms with van der Waals surface area (Å²) in [4.78, 5) is 36.5. The van der Waals surface area contributed by atoms with Crippen molar-refractivity contribution in [2.75, 3.05) is 7.11 Å². The van der Waals surface area contributed by atoms with Gasteiger partial charge in [0.1, 0.15) is 17.9 Å². The van der Waals surface area contributed by atoms with Gasteiger partial charge in [0.15, 0.2) is 0 Å². The van der Waals surface area contributed by atoms with Crippen molar-refractivity contribution in [3.63, 3.8) is 0 Å². The summed E-state index contributed by atoms with van der Waals surface area (Å²) in [5, 5.41) is 5.15. The van der Waals surface area contributed by atoms with Gasteiger partial charge in [-0.05, 0) is 30.0 Å². The largest absolute Gasteiger partial charge is 0.467 e. The van der Waals surface area contributed by atoms with Crippen molar-refractivity contribution in [1.29, 1.82) is 0 Å². The number of rotatable bonds is 9. The molecule has 0 aliphatic heterocycles. The molecule has 0 heterocycles. The molecule has 2 amide bonds. The summed E-state index contributed by atoms with van der Waals surface area (Å²) in [6.07, 6.45) is 0.846. The van der Waals surface area contributed by atoms with E-state index in [1.165, 1.54) is 20.1 Å². The first-order valence-electron chi connectivity index (χ1n) is 9.33. The van der Waals surface area contributed by atoms with E-state index >= 15 is 0 Å². The van der Waals surface area contributed by atoms with Crippen LogP contribution in [0.3, 0.4) is 0 Å². The molecule has 0 aromatic heterocycles. The molecule has 2 atom stereocenters. The SMILES string of the molecule is COC(=O)[C@@H](CCc1ccccc1)NC(=O)[C@@H](Cc1ccccc1F)NC(C)=O. The second kappa shape index (κ2) is 10.9. The fraction of sp³-hybridized carbons (Fsp3) is 0.318. The summed E-state index contributed by atoms with van der Waals surface area (Å²) < 4.78 is 18.8. The fourth-order valence-electron chi connectivity index (χ4n) is 2.96. The van der Waals surface area contributed by atoms with E-state index in [9.17, 15) is 18.8 Å². The molecule has 2 N–H and O–H groups in total. The average molecular weight is 400 g/mol. The minimum Gasteiger partial charge on any atom is -0.467 e. The van der Waals surface area contributed by atoms with Gasteiger partial charge in [0, 0.05) is 13.3 Å². The van der Waals surface area contributed by atoms with Crippen LogP contribution in [0.1, 0.15) is 24.5 Å². The lowest BCUT2D eigenvalue weighted by molar-refractivity contribution is -0.145. The van der Waals surface area contributed by atoms with E-state index in [0.29, 0.717) is 18.4 Å². The summed E-state index contributed by atoms with van der Waals surface area (Å²) in [6.45, 7) is 1.27. The Kier molecular flexibility index (Phi) is 8.33. The predicted molar refractivity (Wildman–Crippen MR) is 106 cm³/mol. The Morgan fingerprint density at radius 3 is 2.24 bits per heavy atom. The van der Waals surface area contributed by atoms with Crippen molar-refractivity contribution in [3.8, 4) is 0 Å². The zero-order chi connectivity index (χ0) is 21.2. The Morgan fingerprint density at radius 2 is 1.62 bits per heavy atom. The number of benzene rings is 2. The lowest BCUT2D eigenvalue weighted by atomic mass is 10.0. The highest BCUT2D eigenvalue weighted by atomic mass is 19.1. The van der Waals surface area contributed by atoms with Gasteiger partial charge in [-0.3, -0.25) is 9.59 Å². The number of methoxy groups -OCH3 is 1. The third kappa shape index (κ3) is 7.03. The molecule has 2 aromatic rings. The smallest absolute Gasteiger partial charge is 0.328 e. The molecular formula is C22H25FN2O4. The van der Waals surface area contributed by atoms with Gasteiger partial charge in [0.25, 0.3) is 0 Å². The van der Waals surface area contributed by atoms with Crippen LogP contribution < -0.4 is 10.6 Å². The summed E-state index contributed by atoms with van der Waals surface area (Å²) in [5.41, 5.74) is 1.31. The molecule has 154 valence electrons. The molecule has 0 aliphatic rings. The second-order valence-corrected chi connectivity index (χ2v) is 6.66. The summed E-state index contributed by atoms with van der Waals surface area (Å²) in [7, 11) is 1.24. The maximum absolute atomic E-state index is 14.0. The van der Waals surface area contributed by atoms with E-state index in [1.54, 1.807) is 18.2 Å². The molecule has 0 aliphatic carbocycles. The Hall–Kier alpha value is -3.22. The van der Waals surface area contributed by atoms with Crippen LogP contribution in [0, 0.1) is 5.82 Å². The number of carbonyl (C=O) groups excluding carboxylic acids is 3. The quantitative estimate of drug-likeness (QED) is 0.632. The highest BCUT2D eigenvalue weighted by molar-refractivity contribution is 5.90. The molecule has 0 unspecified atom stereocenters. The number of ether oxygens (including phenoxy) is 1. The topological polar surface area (TPSA) is 84.5 Å². The maximum Gasteiger partial charge on any atom is 0.328 e. The molecule has 0 radical (unpaired) electrons. The van der Waals surface area contributed by atoms with E-state index in [4.69, 9.17) is 4.74 Å². The van der Waals surface area contributed by atoms with Crippen molar-refractivity contribution in [2.45, 2.75) is 38.3 Å². The molecule has 2 rings (SSSR count). The van der Waals surface area contributed by atoms with Crippen LogP contribution in [-0.2, 0) is 32.0 Å². The highest BCUT2D eigenvalue weighted by Crippen LogP contribution is 2.11. The molecule has 29 heavy (non-hydrogen) atoms. The van der Waals surface area contributed by atoms with Crippen LogP contribution in [0.5, 0.6) is 0 Å². The van der Waals surface area contributed by atoms with Gasteiger partial charge >= 0.3 is 5.97 Å². The van der Waals surface area contributed by atoms with Crippen LogP contribution in [0.15, 0.2) is 54.6 Å². The third-order valence-electron chi connectivity index (χ3n) is 4.44. The van der Waals surface area contributed by atoms with Crippen LogP contribution in [0.2, 0.25) is 0 Å². The van der Waals surface area contributed by atoms with Gasteiger partial charge in [-0.25, -0.2) is 9.18 Å². The number of aryl methyl sites for hydroxylation is 1. The van der Waals surface area contributed by atoms with Crippen molar-refractivity contribution in [3.05, 3.63) is 71.5 Å². The lowest BCUT2D eigenvalue weighted by Gasteiger charge is -2.22. The van der Waals surface area contributed by atoms with Crippen molar-refractivity contribution >= 4 is 17.8 Å². The van der Waals surface area contributed by atoms with E-state index in [1.807, 2.05) is 30.3 Å². The zero-order valence-electron chi connectivity index (χ0n) is 16.5. The molecule has 0 saturated carbocycles. The number of hydrogen-bond acceptors (Lipinski definition) is 4. The van der Waals surface area contributed by atoms with Crippen molar-refractivity contribution in [2.24, 2.45) is 0 Å². The number of esters is 1. The first kappa shape index (κ1) is 22.1. The van der Waals surface area contributed by atoms with Crippen LogP contribution in [0.4, 0.5) is 4.39 Å². The average Bonchev–Trinajstić information content (AvgIpc) is 2.71. The van der Waals surface area contributed by atoms with Gasteiger partial charge in [0.2, 0.25) is 11.8 Å². The number of amides is 2. The molecule has 0 saturated heterocycles. The number of nitrogens with one attached hydrogen (secondary N) is 2. The van der Waals surface area contributed by atoms with Crippen LogP contribution in [0.25, 0.3) is 0 Å². The predicted octanol–water partition coefficient (Wildman–Crippen LogP) is 2.16. The van der Waals surface area contributed by atoms with Crippen molar-refractivity contribution < 1.29 is 23.5 Å². The second-order valence-electron chi connectivity index (χ2n) is 6.66. The molecular weight excluding hydrogens is 375 g/mol. The van der Waals surface area contributed by atoms with Gasteiger partial charge in [-0.1, -0.05) is 48.5 Å². The molecule has 7 heteroatoms. The molecule has 6 nitrogen and oxygen atoms in total. The Bertz CT molecular complexity index is 842. The van der Waals surface area contributed by atoms with E-state index in [0.717, 1.165) is 5.56 Å². The normalized spacial score (nSPS) is 12.5. The summed E-state index contributed by atoms with van der Waals surface area (Å²) in [6, 6.07) is 13.6. The minimum absolute atomic E-state index is 0.0370. The first-order chi connectivity index (χ1) is 13.9. The van der Waals surface area contributed by atoms with Gasteiger partial charge in [-0.15, -0.1) is 0 Å². The number of hydrogen-bond donors (Lipinski definition) is 2. The van der Waals surface area contributed by atoms with E-state index < -0.39 is 35.7 Å². The van der Waals surface area contributed by atoms with Crippen LogP contribution in [-0.4, -0.2) is 37.0 Å². The number of carbonyl (C=O) groups is 3. The Labute approximate surface area is 169 Å².